The zero-order valence-corrected chi connectivity index (χ0v) is 20.2. The molecule has 0 saturated carbocycles. The van der Waals surface area contributed by atoms with E-state index in [1.165, 1.54) is 24.6 Å². The van der Waals surface area contributed by atoms with Gasteiger partial charge >= 0.3 is 0 Å². The Morgan fingerprint density at radius 1 is 0.971 bits per heavy atom. The Bertz CT molecular complexity index is 1180. The Morgan fingerprint density at radius 2 is 1.65 bits per heavy atom. The van der Waals surface area contributed by atoms with Gasteiger partial charge < -0.3 is 9.32 Å². The van der Waals surface area contributed by atoms with Gasteiger partial charge in [-0.05, 0) is 47.7 Å². The van der Waals surface area contributed by atoms with E-state index in [1.54, 1.807) is 4.90 Å². The van der Waals surface area contributed by atoms with Crippen molar-refractivity contribution < 1.29 is 9.21 Å². The lowest BCUT2D eigenvalue weighted by molar-refractivity contribution is -0.122. The minimum Gasteiger partial charge on any atom is -0.441 e. The molecule has 0 aliphatic carbocycles. The SMILES string of the molecule is CC1CCN(c2ccc(/C=C3/SC(=NCc4ccccc4)N(Cc4ccccc4)C3=O)o2)CC1. The molecule has 1 amide bonds. The number of carbonyl (C=O) groups is 1. The minimum atomic E-state index is -0.0367. The fourth-order valence-corrected chi connectivity index (χ4v) is 5.18. The quantitative estimate of drug-likeness (QED) is 0.402. The topological polar surface area (TPSA) is 49.0 Å². The summed E-state index contributed by atoms with van der Waals surface area (Å²) >= 11 is 1.42. The molecule has 0 unspecified atom stereocenters. The van der Waals surface area contributed by atoms with Gasteiger partial charge in [-0.15, -0.1) is 0 Å². The van der Waals surface area contributed by atoms with Crippen molar-refractivity contribution in [1.29, 1.82) is 0 Å². The van der Waals surface area contributed by atoms with Gasteiger partial charge in [0.1, 0.15) is 5.76 Å². The number of carbonyl (C=O) groups excluding carboxylic acids is 1. The molecule has 34 heavy (non-hydrogen) atoms. The molecule has 2 fully saturated rings. The highest BCUT2D eigenvalue weighted by molar-refractivity contribution is 8.18. The van der Waals surface area contributed by atoms with Crippen molar-refractivity contribution in [3.05, 3.63) is 94.6 Å². The van der Waals surface area contributed by atoms with Crippen LogP contribution in [0.3, 0.4) is 0 Å². The average Bonchev–Trinajstić information content (AvgIpc) is 3.45. The van der Waals surface area contributed by atoms with Crippen LogP contribution in [-0.2, 0) is 17.9 Å². The first kappa shape index (κ1) is 22.5. The number of anilines is 1. The van der Waals surface area contributed by atoms with E-state index in [-0.39, 0.29) is 5.91 Å². The van der Waals surface area contributed by atoms with Crippen molar-refractivity contribution in [1.82, 2.24) is 4.90 Å². The number of furan rings is 1. The summed E-state index contributed by atoms with van der Waals surface area (Å²) in [6.45, 7) is 5.36. The molecule has 5 nitrogen and oxygen atoms in total. The highest BCUT2D eigenvalue weighted by Crippen LogP contribution is 2.35. The van der Waals surface area contributed by atoms with Crippen molar-refractivity contribution in [3.63, 3.8) is 0 Å². The van der Waals surface area contributed by atoms with Crippen molar-refractivity contribution in [3.8, 4) is 0 Å². The van der Waals surface area contributed by atoms with E-state index in [9.17, 15) is 4.79 Å². The van der Waals surface area contributed by atoms with E-state index >= 15 is 0 Å². The van der Waals surface area contributed by atoms with Crippen LogP contribution in [0.2, 0.25) is 0 Å². The predicted molar refractivity (Wildman–Crippen MR) is 139 cm³/mol. The van der Waals surface area contributed by atoms with Crippen LogP contribution in [-0.4, -0.2) is 29.1 Å². The average molecular weight is 472 g/mol. The Morgan fingerprint density at radius 3 is 2.35 bits per heavy atom. The van der Waals surface area contributed by atoms with Crippen LogP contribution in [0.5, 0.6) is 0 Å². The first-order chi connectivity index (χ1) is 16.7. The Kier molecular flexibility index (Phi) is 6.86. The van der Waals surface area contributed by atoms with E-state index in [0.717, 1.165) is 41.2 Å². The third kappa shape index (κ3) is 5.28. The first-order valence-corrected chi connectivity index (χ1v) is 12.7. The molecular formula is C28H29N3O2S. The molecule has 2 aliphatic rings. The lowest BCUT2D eigenvalue weighted by Gasteiger charge is -2.29. The number of amidine groups is 1. The van der Waals surface area contributed by atoms with Gasteiger partial charge in [-0.2, -0.15) is 0 Å². The second kappa shape index (κ2) is 10.3. The summed E-state index contributed by atoms with van der Waals surface area (Å²) in [5, 5.41) is 0.723. The molecule has 2 aliphatic heterocycles. The molecule has 1 aromatic heterocycles. The van der Waals surface area contributed by atoms with Crippen LogP contribution >= 0.6 is 11.8 Å². The zero-order valence-electron chi connectivity index (χ0n) is 19.4. The number of hydrogen-bond donors (Lipinski definition) is 0. The number of nitrogens with zero attached hydrogens (tertiary/aromatic N) is 3. The molecule has 3 aromatic rings. The molecule has 2 aromatic carbocycles. The normalized spacial score (nSPS) is 19.5. The maximum absolute atomic E-state index is 13.4. The third-order valence-electron chi connectivity index (χ3n) is 6.29. The molecular weight excluding hydrogens is 442 g/mol. The molecule has 0 radical (unpaired) electrons. The number of amides is 1. The van der Waals surface area contributed by atoms with Gasteiger partial charge in [0.05, 0.1) is 18.0 Å². The number of aliphatic imine (C=N–C) groups is 1. The van der Waals surface area contributed by atoms with Gasteiger partial charge in [0.15, 0.2) is 11.1 Å². The minimum absolute atomic E-state index is 0.0367. The molecule has 6 heteroatoms. The van der Waals surface area contributed by atoms with Gasteiger partial charge in [-0.1, -0.05) is 67.6 Å². The van der Waals surface area contributed by atoms with Crippen LogP contribution in [0.1, 0.15) is 36.7 Å². The van der Waals surface area contributed by atoms with Gasteiger partial charge in [0.2, 0.25) is 0 Å². The van der Waals surface area contributed by atoms with Gasteiger partial charge in [-0.25, -0.2) is 0 Å². The van der Waals surface area contributed by atoms with E-state index < -0.39 is 0 Å². The smallest absolute Gasteiger partial charge is 0.267 e. The Balaban J connectivity index is 1.37. The molecule has 174 valence electrons. The van der Waals surface area contributed by atoms with Crippen LogP contribution < -0.4 is 4.90 Å². The number of benzene rings is 2. The molecule has 0 spiro atoms. The summed E-state index contributed by atoms with van der Waals surface area (Å²) in [4.78, 5) is 22.9. The number of hydrogen-bond acceptors (Lipinski definition) is 5. The largest absolute Gasteiger partial charge is 0.441 e. The summed E-state index contributed by atoms with van der Waals surface area (Å²) in [6.07, 6.45) is 4.22. The van der Waals surface area contributed by atoms with Crippen molar-refractivity contribution in [2.24, 2.45) is 10.9 Å². The standard InChI is InChI=1S/C28H29N3O2S/c1-21-14-16-30(17-15-21)26-13-12-24(33-26)18-25-27(32)31(20-23-10-6-3-7-11-23)28(34-25)29-19-22-8-4-2-5-9-22/h2-13,18,21H,14-17,19-20H2,1H3/b25-18+,29-28?. The molecule has 3 heterocycles. The third-order valence-corrected chi connectivity index (χ3v) is 7.34. The lowest BCUT2D eigenvalue weighted by Crippen LogP contribution is -2.32. The van der Waals surface area contributed by atoms with Crippen molar-refractivity contribution in [2.75, 3.05) is 18.0 Å². The number of thioether (sulfide) groups is 1. The first-order valence-electron chi connectivity index (χ1n) is 11.8. The highest BCUT2D eigenvalue weighted by Gasteiger charge is 2.33. The summed E-state index contributed by atoms with van der Waals surface area (Å²) in [6, 6.07) is 24.1. The van der Waals surface area contributed by atoms with E-state index in [4.69, 9.17) is 9.41 Å². The predicted octanol–water partition coefficient (Wildman–Crippen LogP) is 6.19. The van der Waals surface area contributed by atoms with Crippen LogP contribution in [0.4, 0.5) is 5.88 Å². The maximum Gasteiger partial charge on any atom is 0.267 e. The van der Waals surface area contributed by atoms with Crippen molar-refractivity contribution >= 4 is 34.8 Å². The fraction of sp³-hybridized carbons (Fsp3) is 0.286. The highest BCUT2D eigenvalue weighted by atomic mass is 32.2. The zero-order chi connectivity index (χ0) is 23.3. The number of rotatable bonds is 6. The lowest BCUT2D eigenvalue weighted by atomic mass is 9.99. The second-order valence-electron chi connectivity index (χ2n) is 8.92. The van der Waals surface area contributed by atoms with E-state index in [1.807, 2.05) is 66.7 Å². The summed E-state index contributed by atoms with van der Waals surface area (Å²) in [5.74, 6) is 2.32. The van der Waals surface area contributed by atoms with Gasteiger partial charge in [-0.3, -0.25) is 14.7 Å². The van der Waals surface area contributed by atoms with Gasteiger partial charge in [0.25, 0.3) is 5.91 Å². The second-order valence-corrected chi connectivity index (χ2v) is 9.93. The molecule has 2 saturated heterocycles. The van der Waals surface area contributed by atoms with Crippen LogP contribution in [0, 0.1) is 5.92 Å². The molecule has 0 atom stereocenters. The fourth-order valence-electron chi connectivity index (χ4n) is 4.22. The number of piperidine rings is 1. The maximum atomic E-state index is 13.4. The van der Waals surface area contributed by atoms with Crippen LogP contribution in [0.25, 0.3) is 6.08 Å². The van der Waals surface area contributed by atoms with Crippen molar-refractivity contribution in [2.45, 2.75) is 32.9 Å². The Hall–Kier alpha value is -3.25. The molecule has 5 rings (SSSR count). The van der Waals surface area contributed by atoms with Gasteiger partial charge in [0, 0.05) is 25.2 Å². The summed E-state index contributed by atoms with van der Waals surface area (Å²) in [7, 11) is 0. The Labute approximate surface area is 205 Å². The summed E-state index contributed by atoms with van der Waals surface area (Å²) < 4.78 is 6.11. The monoisotopic (exact) mass is 471 g/mol. The van der Waals surface area contributed by atoms with E-state index in [0.29, 0.717) is 23.8 Å². The summed E-state index contributed by atoms with van der Waals surface area (Å²) in [5.41, 5.74) is 2.19. The van der Waals surface area contributed by atoms with E-state index in [2.05, 4.69) is 24.0 Å². The molecule has 0 bridgehead atoms. The molecule has 0 N–H and O–H groups in total. The van der Waals surface area contributed by atoms with Crippen LogP contribution in [0.15, 0.2) is 87.1 Å².